The predicted molar refractivity (Wildman–Crippen MR) is 92.5 cm³/mol. The Morgan fingerprint density at radius 2 is 1.00 bits per heavy atom. The maximum Gasteiger partial charge on any atom is 0.425 e. The fourth-order valence-corrected chi connectivity index (χ4v) is 17.3. The summed E-state index contributed by atoms with van der Waals surface area (Å²) >= 11 is 6.66. The van der Waals surface area contributed by atoms with E-state index in [4.69, 9.17) is 31.7 Å². The first-order valence-electron chi connectivity index (χ1n) is 7.53. The van der Waals surface area contributed by atoms with E-state index in [9.17, 15) is 0 Å². The zero-order valence-corrected chi connectivity index (χ0v) is 19.2. The molecule has 0 saturated carbocycles. The van der Waals surface area contributed by atoms with Crippen molar-refractivity contribution in [1.82, 2.24) is 0 Å². The molecule has 0 amide bonds. The van der Waals surface area contributed by atoms with Gasteiger partial charge in [0, 0.05) is 6.04 Å². The van der Waals surface area contributed by atoms with Gasteiger partial charge in [-0.3, -0.25) is 0 Å². The van der Waals surface area contributed by atoms with Crippen molar-refractivity contribution in [2.75, 3.05) is 0 Å². The third-order valence-corrected chi connectivity index (χ3v) is 17.9. The van der Waals surface area contributed by atoms with Gasteiger partial charge in [-0.15, -0.1) is 11.1 Å². The first-order valence-corrected chi connectivity index (χ1v) is 16.7. The average Bonchev–Trinajstić information content (AvgIpc) is 2.51. The number of halogens is 1. The van der Waals surface area contributed by atoms with Crippen molar-refractivity contribution in [3.63, 3.8) is 0 Å². The van der Waals surface area contributed by atoms with Gasteiger partial charge < -0.3 is 20.6 Å². The van der Waals surface area contributed by atoms with Crippen LogP contribution in [-0.2, 0) is 20.6 Å². The van der Waals surface area contributed by atoms with Crippen LogP contribution in [0.5, 0.6) is 0 Å². The molecule has 1 rings (SSSR count). The lowest BCUT2D eigenvalue weighted by Crippen LogP contribution is -2.52. The van der Waals surface area contributed by atoms with E-state index in [-0.39, 0.29) is 0 Å². The standard InChI is InChI=1S/C10H25ClO5Si5/c1-6-17-12-18(7-2)14-20(9-4)16-21(11,10-5)15-19(8-3)13-17/h6-10H2,1-5H3. The van der Waals surface area contributed by atoms with Crippen LogP contribution in [0.4, 0.5) is 0 Å². The van der Waals surface area contributed by atoms with Gasteiger partial charge in [-0.1, -0.05) is 34.6 Å². The highest BCUT2D eigenvalue weighted by Crippen LogP contribution is 2.25. The SMILES string of the molecule is CC[Si]1O[Si](CC)O[Si](CC)O[Si](Cl)(CC)O[Si](CC)O1. The Hall–Kier alpha value is 1.17. The summed E-state index contributed by atoms with van der Waals surface area (Å²) in [4.78, 5) is 0. The van der Waals surface area contributed by atoms with E-state index >= 15 is 0 Å². The molecule has 21 heavy (non-hydrogen) atoms. The molecule has 1 aliphatic heterocycles. The maximum absolute atomic E-state index is 6.66. The summed E-state index contributed by atoms with van der Waals surface area (Å²) in [5, 5.41) is 0. The molecule has 0 aromatic carbocycles. The van der Waals surface area contributed by atoms with Crippen LogP contribution >= 0.6 is 11.1 Å². The molecule has 0 N–H and O–H groups in total. The molecule has 11 heteroatoms. The van der Waals surface area contributed by atoms with Gasteiger partial charge in [0.15, 0.2) is 0 Å². The highest BCUT2D eigenvalue weighted by atomic mass is 35.6. The molecule has 4 radical (unpaired) electrons. The zero-order chi connectivity index (χ0) is 15.9. The van der Waals surface area contributed by atoms with E-state index in [1.807, 2.05) is 6.92 Å². The smallest absolute Gasteiger partial charge is 0.414 e. The van der Waals surface area contributed by atoms with Crippen molar-refractivity contribution in [1.29, 1.82) is 0 Å². The minimum atomic E-state index is -2.71. The van der Waals surface area contributed by atoms with Crippen LogP contribution in [0.15, 0.2) is 0 Å². The first-order chi connectivity index (χ1) is 10.00. The lowest BCUT2D eigenvalue weighted by atomic mass is 11.0. The number of hydrogen-bond donors (Lipinski definition) is 0. The molecule has 5 nitrogen and oxygen atoms in total. The Kier molecular flexibility index (Phi) is 9.75. The van der Waals surface area contributed by atoms with Crippen molar-refractivity contribution >= 4 is 56.1 Å². The lowest BCUT2D eigenvalue weighted by Gasteiger charge is -2.34. The molecule has 0 aromatic heterocycles. The zero-order valence-electron chi connectivity index (χ0n) is 13.5. The van der Waals surface area contributed by atoms with E-state index in [0.29, 0.717) is 6.04 Å². The maximum atomic E-state index is 6.66. The third-order valence-electron chi connectivity index (χ3n) is 2.79. The highest BCUT2D eigenvalue weighted by Gasteiger charge is 2.44. The molecular formula is C10H25ClO5Si5. The van der Waals surface area contributed by atoms with Crippen LogP contribution in [-0.4, -0.2) is 45.0 Å². The number of rotatable bonds is 5. The second kappa shape index (κ2) is 10.1. The second-order valence-corrected chi connectivity index (χ2v) is 18.1. The molecule has 0 aromatic rings. The Bertz CT molecular complexity index is 281. The quantitative estimate of drug-likeness (QED) is 0.523. The molecule has 1 fully saturated rings. The van der Waals surface area contributed by atoms with Crippen LogP contribution in [0.3, 0.4) is 0 Å². The molecule has 0 aliphatic carbocycles. The van der Waals surface area contributed by atoms with E-state index in [2.05, 4.69) is 27.7 Å². The van der Waals surface area contributed by atoms with Gasteiger partial charge in [-0.25, -0.2) is 0 Å². The number of hydrogen-bond acceptors (Lipinski definition) is 5. The van der Waals surface area contributed by atoms with E-state index in [0.717, 1.165) is 24.2 Å². The summed E-state index contributed by atoms with van der Waals surface area (Å²) in [6.07, 6.45) is 0. The summed E-state index contributed by atoms with van der Waals surface area (Å²) in [6, 6.07) is 4.16. The van der Waals surface area contributed by atoms with Gasteiger partial charge in [0.1, 0.15) is 0 Å². The summed E-state index contributed by atoms with van der Waals surface area (Å²) < 4.78 is 30.6. The predicted octanol–water partition coefficient (Wildman–Crippen LogP) is 3.31. The van der Waals surface area contributed by atoms with Crippen LogP contribution in [0.25, 0.3) is 0 Å². The van der Waals surface area contributed by atoms with Crippen molar-refractivity contribution in [2.24, 2.45) is 0 Å². The van der Waals surface area contributed by atoms with Gasteiger partial charge in [0.25, 0.3) is 0 Å². The molecule has 1 saturated heterocycles. The molecule has 0 bridgehead atoms. The topological polar surface area (TPSA) is 46.2 Å². The Labute approximate surface area is 141 Å². The molecule has 0 unspecified atom stereocenters. The summed E-state index contributed by atoms with van der Waals surface area (Å²) in [6.45, 7) is 10.4. The Morgan fingerprint density at radius 3 is 1.29 bits per heavy atom. The van der Waals surface area contributed by atoms with Crippen molar-refractivity contribution < 1.29 is 20.6 Å². The monoisotopic (exact) mass is 400 g/mol. The van der Waals surface area contributed by atoms with E-state index in [1.165, 1.54) is 0 Å². The van der Waals surface area contributed by atoms with Crippen LogP contribution in [0.2, 0.25) is 30.2 Å². The van der Waals surface area contributed by atoms with Gasteiger partial charge in [-0.2, -0.15) is 0 Å². The second-order valence-electron chi connectivity index (χ2n) is 4.43. The van der Waals surface area contributed by atoms with E-state index in [1.54, 1.807) is 0 Å². The van der Waals surface area contributed by atoms with Crippen LogP contribution in [0.1, 0.15) is 34.6 Å². The summed E-state index contributed by atoms with van der Waals surface area (Å²) in [7, 11) is -8.22. The average molecular weight is 401 g/mol. The van der Waals surface area contributed by atoms with Crippen LogP contribution < -0.4 is 0 Å². The molecule has 0 atom stereocenters. The van der Waals surface area contributed by atoms with Crippen molar-refractivity contribution in [3.05, 3.63) is 0 Å². The first kappa shape index (κ1) is 20.2. The fourth-order valence-electron chi connectivity index (χ4n) is 1.55. The highest BCUT2D eigenvalue weighted by molar-refractivity contribution is 7.16. The minimum Gasteiger partial charge on any atom is -0.414 e. The molecular weight excluding hydrogens is 376 g/mol. The van der Waals surface area contributed by atoms with Crippen molar-refractivity contribution in [2.45, 2.75) is 64.8 Å². The van der Waals surface area contributed by atoms with Gasteiger partial charge in [-0.05, 0) is 24.2 Å². The molecule has 1 aliphatic rings. The van der Waals surface area contributed by atoms with Gasteiger partial charge in [0.05, 0.1) is 0 Å². The lowest BCUT2D eigenvalue weighted by molar-refractivity contribution is 0.277. The molecule has 0 spiro atoms. The van der Waals surface area contributed by atoms with Crippen LogP contribution in [0, 0.1) is 0 Å². The van der Waals surface area contributed by atoms with E-state index < -0.39 is 45.0 Å². The Morgan fingerprint density at radius 1 is 0.667 bits per heavy atom. The van der Waals surface area contributed by atoms with Crippen molar-refractivity contribution in [3.8, 4) is 0 Å². The summed E-state index contributed by atoms with van der Waals surface area (Å²) in [5.41, 5.74) is 0. The minimum absolute atomic E-state index is 0.701. The molecule has 1 heterocycles. The summed E-state index contributed by atoms with van der Waals surface area (Å²) in [5.74, 6) is 0. The Balaban J connectivity index is 2.93. The molecule has 122 valence electrons. The third kappa shape index (κ3) is 6.67. The normalized spacial score (nSPS) is 24.3. The largest absolute Gasteiger partial charge is 0.425 e. The van der Waals surface area contributed by atoms with Gasteiger partial charge >= 0.3 is 45.0 Å². The fraction of sp³-hybridized carbons (Fsp3) is 1.00. The van der Waals surface area contributed by atoms with Gasteiger partial charge in [0.2, 0.25) is 0 Å².